The Morgan fingerprint density at radius 2 is 1.53 bits per heavy atom. The van der Waals surface area contributed by atoms with E-state index in [9.17, 15) is 4.79 Å². The number of benzene rings is 3. The van der Waals surface area contributed by atoms with Crippen molar-refractivity contribution in [1.82, 2.24) is 0 Å². The Morgan fingerprint density at radius 1 is 0.895 bits per heavy atom. The molecule has 3 aromatic rings. The van der Waals surface area contributed by atoms with Crippen molar-refractivity contribution in [2.75, 3.05) is 0 Å². The topological polar surface area (TPSA) is 17.1 Å². The predicted octanol–water partition coefficient (Wildman–Crippen LogP) is 5.01. The highest BCUT2D eigenvalue weighted by molar-refractivity contribution is 6.10. The minimum atomic E-state index is 0. The molecule has 0 spiro atoms. The first-order valence-corrected chi connectivity index (χ1v) is 6.24. The summed E-state index contributed by atoms with van der Waals surface area (Å²) in [6, 6.07) is 18.5. The number of carbonyl (C=O) groups excluding carboxylic acids is 1. The lowest BCUT2D eigenvalue weighted by molar-refractivity contribution is 0.0988. The summed E-state index contributed by atoms with van der Waals surface area (Å²) in [5, 5.41) is 4.76. The highest BCUT2D eigenvalue weighted by Crippen LogP contribution is 2.26. The van der Waals surface area contributed by atoms with Gasteiger partial charge in [-0.3, -0.25) is 4.79 Å². The maximum atomic E-state index is 11.8. The van der Waals surface area contributed by atoms with Crippen molar-refractivity contribution in [2.45, 2.75) is 13.3 Å². The summed E-state index contributed by atoms with van der Waals surface area (Å²) in [6.07, 6.45) is 0.552. The van der Waals surface area contributed by atoms with E-state index in [1.165, 1.54) is 16.2 Å². The molecule has 2 heteroatoms. The van der Waals surface area contributed by atoms with Crippen LogP contribution in [0.4, 0.5) is 0 Å². The van der Waals surface area contributed by atoms with E-state index in [1.54, 1.807) is 0 Å². The van der Waals surface area contributed by atoms with Crippen molar-refractivity contribution >= 4 is 39.7 Å². The highest BCUT2D eigenvalue weighted by Gasteiger charge is 2.05. The second kappa shape index (κ2) is 5.41. The van der Waals surface area contributed by atoms with Crippen LogP contribution in [0.25, 0.3) is 21.5 Å². The molecule has 0 amide bonds. The maximum absolute atomic E-state index is 11.8. The van der Waals surface area contributed by atoms with Gasteiger partial charge in [0.25, 0.3) is 0 Å². The lowest BCUT2D eigenvalue weighted by Gasteiger charge is -2.05. The molecule has 3 aromatic carbocycles. The lowest BCUT2D eigenvalue weighted by Crippen LogP contribution is -1.95. The van der Waals surface area contributed by atoms with Crippen LogP contribution in [-0.4, -0.2) is 5.78 Å². The molecule has 0 aliphatic heterocycles. The molecule has 0 saturated carbocycles. The molecule has 0 saturated heterocycles. The third-order valence-corrected chi connectivity index (χ3v) is 3.39. The minimum absolute atomic E-state index is 0. The standard InChI is InChI=1S/C17H14O.ClH/c1-2-17(18)14-10-9-13-8-7-12-5-3-4-6-15(12)16(13)11-14;/h3-11H,2H2,1H3;1H. The van der Waals surface area contributed by atoms with Crippen LogP contribution in [0.15, 0.2) is 54.6 Å². The van der Waals surface area contributed by atoms with Gasteiger partial charge < -0.3 is 0 Å². The van der Waals surface area contributed by atoms with E-state index < -0.39 is 0 Å². The van der Waals surface area contributed by atoms with E-state index >= 15 is 0 Å². The zero-order chi connectivity index (χ0) is 12.5. The predicted molar refractivity (Wildman–Crippen MR) is 83.3 cm³/mol. The quantitative estimate of drug-likeness (QED) is 0.473. The van der Waals surface area contributed by atoms with Gasteiger partial charge in [-0.05, 0) is 27.6 Å². The van der Waals surface area contributed by atoms with Crippen LogP contribution < -0.4 is 0 Å². The monoisotopic (exact) mass is 270 g/mol. The van der Waals surface area contributed by atoms with Crippen molar-refractivity contribution in [2.24, 2.45) is 0 Å². The van der Waals surface area contributed by atoms with Crippen LogP contribution in [0.5, 0.6) is 0 Å². The third-order valence-electron chi connectivity index (χ3n) is 3.39. The molecule has 19 heavy (non-hydrogen) atoms. The molecule has 0 heterocycles. The molecular formula is C17H15ClO. The van der Waals surface area contributed by atoms with Crippen LogP contribution >= 0.6 is 12.4 Å². The van der Waals surface area contributed by atoms with E-state index in [1.807, 2.05) is 37.3 Å². The van der Waals surface area contributed by atoms with E-state index in [2.05, 4.69) is 24.3 Å². The molecule has 0 bridgehead atoms. The van der Waals surface area contributed by atoms with Crippen molar-refractivity contribution in [3.05, 3.63) is 60.2 Å². The van der Waals surface area contributed by atoms with Crippen LogP contribution in [0.3, 0.4) is 0 Å². The summed E-state index contributed by atoms with van der Waals surface area (Å²) in [5.41, 5.74) is 0.807. The number of halogens is 1. The largest absolute Gasteiger partial charge is 0.294 e. The maximum Gasteiger partial charge on any atom is 0.162 e. The van der Waals surface area contributed by atoms with E-state index in [0.717, 1.165) is 10.9 Å². The van der Waals surface area contributed by atoms with Crippen molar-refractivity contribution in [1.29, 1.82) is 0 Å². The second-order valence-corrected chi connectivity index (χ2v) is 4.50. The molecule has 96 valence electrons. The summed E-state index contributed by atoms with van der Waals surface area (Å²) in [4.78, 5) is 11.8. The molecule has 1 nitrogen and oxygen atoms in total. The number of carbonyl (C=O) groups is 1. The van der Waals surface area contributed by atoms with Crippen molar-refractivity contribution in [3.8, 4) is 0 Å². The van der Waals surface area contributed by atoms with Crippen LogP contribution in [0, 0.1) is 0 Å². The smallest absolute Gasteiger partial charge is 0.162 e. The molecule has 0 radical (unpaired) electrons. The number of fused-ring (bicyclic) bond motifs is 3. The van der Waals surface area contributed by atoms with Crippen LogP contribution in [0.2, 0.25) is 0 Å². The van der Waals surface area contributed by atoms with Gasteiger partial charge >= 0.3 is 0 Å². The zero-order valence-electron chi connectivity index (χ0n) is 10.7. The van der Waals surface area contributed by atoms with E-state index in [4.69, 9.17) is 0 Å². The fraction of sp³-hybridized carbons (Fsp3) is 0.118. The van der Waals surface area contributed by atoms with Crippen LogP contribution in [-0.2, 0) is 0 Å². The van der Waals surface area contributed by atoms with Gasteiger partial charge in [0.1, 0.15) is 0 Å². The molecule has 0 aliphatic rings. The third kappa shape index (κ3) is 2.34. The van der Waals surface area contributed by atoms with E-state index in [0.29, 0.717) is 6.42 Å². The van der Waals surface area contributed by atoms with Crippen molar-refractivity contribution < 1.29 is 4.79 Å². The van der Waals surface area contributed by atoms with Crippen LogP contribution in [0.1, 0.15) is 23.7 Å². The van der Waals surface area contributed by atoms with Gasteiger partial charge in [-0.1, -0.05) is 55.5 Å². The Morgan fingerprint density at radius 3 is 2.26 bits per heavy atom. The van der Waals surface area contributed by atoms with E-state index in [-0.39, 0.29) is 18.2 Å². The van der Waals surface area contributed by atoms with Gasteiger partial charge in [0.2, 0.25) is 0 Å². The Balaban J connectivity index is 0.00000133. The first kappa shape index (κ1) is 13.6. The summed E-state index contributed by atoms with van der Waals surface area (Å²) < 4.78 is 0. The number of Topliss-reactive ketones (excluding diaryl/α,β-unsaturated/α-hetero) is 1. The summed E-state index contributed by atoms with van der Waals surface area (Å²) in [7, 11) is 0. The van der Waals surface area contributed by atoms with Crippen molar-refractivity contribution in [3.63, 3.8) is 0 Å². The average molecular weight is 271 g/mol. The minimum Gasteiger partial charge on any atom is -0.294 e. The van der Waals surface area contributed by atoms with Gasteiger partial charge in [0, 0.05) is 12.0 Å². The van der Waals surface area contributed by atoms with Gasteiger partial charge in [-0.15, -0.1) is 12.4 Å². The van der Waals surface area contributed by atoms with Gasteiger partial charge in [0.05, 0.1) is 0 Å². The number of hydrogen-bond acceptors (Lipinski definition) is 1. The number of ketones is 1. The Bertz CT molecular complexity index is 746. The number of rotatable bonds is 2. The fourth-order valence-electron chi connectivity index (χ4n) is 2.38. The molecule has 0 fully saturated rings. The molecule has 0 N–H and O–H groups in total. The second-order valence-electron chi connectivity index (χ2n) is 4.50. The normalized spacial score (nSPS) is 10.4. The SMILES string of the molecule is CCC(=O)c1ccc2ccc3ccccc3c2c1.Cl. The zero-order valence-corrected chi connectivity index (χ0v) is 11.5. The summed E-state index contributed by atoms with van der Waals surface area (Å²) in [5.74, 6) is 0.199. The molecule has 0 atom stereocenters. The lowest BCUT2D eigenvalue weighted by atomic mass is 9.98. The molecule has 0 aromatic heterocycles. The molecule has 0 aliphatic carbocycles. The average Bonchev–Trinajstić information content (AvgIpc) is 2.45. The Labute approximate surface area is 118 Å². The fourth-order valence-corrected chi connectivity index (χ4v) is 2.38. The molecule has 0 unspecified atom stereocenters. The van der Waals surface area contributed by atoms with Gasteiger partial charge in [-0.2, -0.15) is 0 Å². The number of hydrogen-bond donors (Lipinski definition) is 0. The summed E-state index contributed by atoms with van der Waals surface area (Å²) >= 11 is 0. The Kier molecular flexibility index (Phi) is 3.87. The first-order chi connectivity index (χ1) is 8.79. The molecule has 3 rings (SSSR count). The molecular weight excluding hydrogens is 256 g/mol. The van der Waals surface area contributed by atoms with Gasteiger partial charge in [-0.25, -0.2) is 0 Å². The first-order valence-electron chi connectivity index (χ1n) is 6.24. The summed E-state index contributed by atoms with van der Waals surface area (Å²) in [6.45, 7) is 1.90. The van der Waals surface area contributed by atoms with Gasteiger partial charge in [0.15, 0.2) is 5.78 Å². The highest BCUT2D eigenvalue weighted by atomic mass is 35.5. The Hall–Kier alpha value is -1.86.